The number of likely N-dealkylation sites (N-methyl/N-ethyl adjacent to an activating group) is 4. The van der Waals surface area contributed by atoms with Crippen LogP contribution in [-0.4, -0.2) is 163 Å². The summed E-state index contributed by atoms with van der Waals surface area (Å²) in [5, 5.41) is 9.48. The molecule has 2 aromatic heterocycles. The third-order valence-electron chi connectivity index (χ3n) is 16.4. The highest BCUT2D eigenvalue weighted by Gasteiger charge is 2.43. The number of hydrogen-bond acceptors (Lipinski definition) is 14. The summed E-state index contributed by atoms with van der Waals surface area (Å²) < 4.78 is 28.1. The van der Waals surface area contributed by atoms with Crippen molar-refractivity contribution in [2.45, 2.75) is 207 Å². The number of carbonyl (C=O) groups excluding carboxylic acids is 8. The summed E-state index contributed by atoms with van der Waals surface area (Å²) in [5.74, 6) is -6.33. The van der Waals surface area contributed by atoms with Gasteiger partial charge >= 0.3 is 23.9 Å². The van der Waals surface area contributed by atoms with Gasteiger partial charge < -0.3 is 38.5 Å². The molecule has 1 saturated heterocycles. The molecular formula is C66H92N8O12. The largest absolute Gasteiger partial charge is 0.451 e. The van der Waals surface area contributed by atoms with Crippen LogP contribution in [-0.2, 0) is 83.2 Å². The summed E-state index contributed by atoms with van der Waals surface area (Å²) in [6.45, 7) is 18.7. The minimum absolute atomic E-state index is 0.0887. The van der Waals surface area contributed by atoms with Crippen LogP contribution in [0.5, 0.6) is 0 Å². The van der Waals surface area contributed by atoms with E-state index < -0.39 is 96.1 Å². The Bertz CT molecular complexity index is 2780. The van der Waals surface area contributed by atoms with Crippen molar-refractivity contribution < 1.29 is 57.3 Å². The van der Waals surface area contributed by atoms with E-state index in [0.717, 1.165) is 58.0 Å². The molecule has 0 radical (unpaired) electrons. The minimum atomic E-state index is -1.53. The van der Waals surface area contributed by atoms with Gasteiger partial charge in [0.05, 0.1) is 24.5 Å². The number of amides is 4. The van der Waals surface area contributed by atoms with Crippen molar-refractivity contribution in [1.29, 1.82) is 0 Å². The van der Waals surface area contributed by atoms with Crippen molar-refractivity contribution in [3.05, 3.63) is 107 Å². The number of hydrogen-bond donors (Lipinski definition) is 0. The van der Waals surface area contributed by atoms with E-state index in [1.54, 1.807) is 0 Å². The summed E-state index contributed by atoms with van der Waals surface area (Å²) in [6, 6.07) is 13.9. The number of rotatable bonds is 18. The molecule has 3 heterocycles. The molecule has 2 aliphatic carbocycles. The Labute approximate surface area is 507 Å². The van der Waals surface area contributed by atoms with Gasteiger partial charge in [-0.2, -0.15) is 10.2 Å². The second-order valence-corrected chi connectivity index (χ2v) is 25.9. The van der Waals surface area contributed by atoms with Crippen molar-refractivity contribution in [2.24, 2.45) is 23.7 Å². The first kappa shape index (κ1) is 66.2. The molecule has 7 rings (SSSR count). The molecule has 0 bridgehead atoms. The van der Waals surface area contributed by atoms with Crippen LogP contribution < -0.4 is 0 Å². The van der Waals surface area contributed by atoms with Gasteiger partial charge in [-0.25, -0.2) is 19.2 Å². The maximum Gasteiger partial charge on any atom is 0.329 e. The normalized spacial score (nSPS) is 24.2. The van der Waals surface area contributed by atoms with Crippen molar-refractivity contribution in [3.63, 3.8) is 0 Å². The standard InChI is InChI=1S/C66H92N8O12/c1-39(2)31-53-63(79)83-43(9)59(75)69(11)56(34-42(7)8)66(82)86-58(36-46-17-21-48(22-18-46)38-74-30-28-52(68-74)50-25-26-50)62(78)72(14)54(32-40(3)4)64(80)84-44(10)60(76)70(12)55(33-41(5)6)65(81)85-57(61(77)71(53)13)35-45-15-19-47(20-16-45)37-73-29-27-51(67-73)49-23-24-49/h15-22,27-30,39-44,49-50,53-58H,23-26,31-38H2,1-14H3/t43-,44-,53+,54+,55+,56+,57-,58-/m1/s1. The van der Waals surface area contributed by atoms with Crippen LogP contribution in [0.25, 0.3) is 0 Å². The second-order valence-electron chi connectivity index (χ2n) is 25.9. The Morgan fingerprint density at radius 3 is 0.942 bits per heavy atom. The number of carbonyl (C=O) groups is 8. The van der Waals surface area contributed by atoms with E-state index in [1.165, 1.54) is 51.8 Å². The molecule has 4 aromatic rings. The highest BCUT2D eigenvalue weighted by Crippen LogP contribution is 2.39. The van der Waals surface area contributed by atoms with Gasteiger partial charge in [0.15, 0.2) is 24.4 Å². The fraction of sp³-hybridized carbons (Fsp3) is 0.606. The van der Waals surface area contributed by atoms with E-state index in [4.69, 9.17) is 29.1 Å². The van der Waals surface area contributed by atoms with Crippen molar-refractivity contribution in [3.8, 4) is 0 Å². The molecule has 468 valence electrons. The molecular weight excluding hydrogens is 1100 g/mol. The molecule has 1 aliphatic heterocycles. The van der Waals surface area contributed by atoms with Gasteiger partial charge in [-0.15, -0.1) is 0 Å². The average molecular weight is 1190 g/mol. The van der Waals surface area contributed by atoms with Gasteiger partial charge in [-0.1, -0.05) is 104 Å². The lowest BCUT2D eigenvalue weighted by molar-refractivity contribution is -0.176. The van der Waals surface area contributed by atoms with Crippen LogP contribution in [0.2, 0.25) is 0 Å². The lowest BCUT2D eigenvalue weighted by Gasteiger charge is -2.35. The lowest BCUT2D eigenvalue weighted by atomic mass is 9.99. The van der Waals surface area contributed by atoms with E-state index in [-0.39, 0.29) is 62.2 Å². The molecule has 3 fully saturated rings. The monoisotopic (exact) mass is 1190 g/mol. The Hall–Kier alpha value is -7.38. The third-order valence-corrected chi connectivity index (χ3v) is 16.4. The van der Waals surface area contributed by atoms with Crippen molar-refractivity contribution >= 4 is 47.5 Å². The molecule has 2 saturated carbocycles. The maximum absolute atomic E-state index is 15.1. The molecule has 86 heavy (non-hydrogen) atoms. The van der Waals surface area contributed by atoms with E-state index in [0.29, 0.717) is 36.1 Å². The molecule has 4 amide bonds. The van der Waals surface area contributed by atoms with Gasteiger partial charge in [0.25, 0.3) is 23.6 Å². The summed E-state index contributed by atoms with van der Waals surface area (Å²) in [4.78, 5) is 123. The molecule has 8 atom stereocenters. The number of aromatic nitrogens is 4. The first-order valence-corrected chi connectivity index (χ1v) is 30.8. The second kappa shape index (κ2) is 29.3. The van der Waals surface area contributed by atoms with Crippen LogP contribution >= 0.6 is 0 Å². The van der Waals surface area contributed by atoms with Crippen LogP contribution in [0.1, 0.15) is 166 Å². The molecule has 20 heteroatoms. The Morgan fingerprint density at radius 2 is 0.663 bits per heavy atom. The molecule has 0 spiro atoms. The van der Waals surface area contributed by atoms with Gasteiger partial charge in [-0.05, 0) is 123 Å². The van der Waals surface area contributed by atoms with Gasteiger partial charge in [-0.3, -0.25) is 28.5 Å². The molecule has 0 unspecified atom stereocenters. The number of cyclic esters (lactones) is 4. The first-order chi connectivity index (χ1) is 40.7. The van der Waals surface area contributed by atoms with Crippen molar-refractivity contribution in [2.75, 3.05) is 28.2 Å². The third kappa shape index (κ3) is 17.9. The predicted molar refractivity (Wildman–Crippen MR) is 322 cm³/mol. The highest BCUT2D eigenvalue weighted by molar-refractivity contribution is 5.94. The quantitative estimate of drug-likeness (QED) is 0.0683. The molecule has 20 nitrogen and oxygen atoms in total. The Balaban J connectivity index is 1.23. The Kier molecular flexibility index (Phi) is 22.6. The fourth-order valence-corrected chi connectivity index (χ4v) is 11.0. The Morgan fingerprint density at radius 1 is 0.395 bits per heavy atom. The zero-order chi connectivity index (χ0) is 62.8. The zero-order valence-electron chi connectivity index (χ0n) is 53.0. The van der Waals surface area contributed by atoms with Crippen molar-refractivity contribution in [1.82, 2.24) is 39.2 Å². The maximum atomic E-state index is 15.1. The molecule has 3 aliphatic rings. The summed E-state index contributed by atoms with van der Waals surface area (Å²) in [6.07, 6.45) is 2.53. The average Bonchev–Trinajstić information content (AvgIpc) is 4.30. The lowest BCUT2D eigenvalue weighted by Crippen LogP contribution is -2.55. The minimum Gasteiger partial charge on any atom is -0.451 e. The van der Waals surface area contributed by atoms with Gasteiger partial charge in [0, 0.05) is 65.3 Å². The van der Waals surface area contributed by atoms with Gasteiger partial charge in [0.1, 0.15) is 24.2 Å². The zero-order valence-corrected chi connectivity index (χ0v) is 53.0. The van der Waals surface area contributed by atoms with E-state index in [9.17, 15) is 28.8 Å². The summed E-state index contributed by atoms with van der Waals surface area (Å²) in [7, 11) is 5.62. The predicted octanol–water partition coefficient (Wildman–Crippen LogP) is 7.91. The topological polar surface area (TPSA) is 222 Å². The van der Waals surface area contributed by atoms with E-state index in [1.807, 2.05) is 138 Å². The van der Waals surface area contributed by atoms with Crippen LogP contribution in [0.4, 0.5) is 0 Å². The van der Waals surface area contributed by atoms with Crippen LogP contribution in [0.15, 0.2) is 73.1 Å². The van der Waals surface area contributed by atoms with E-state index in [2.05, 4.69) is 0 Å². The van der Waals surface area contributed by atoms with Crippen LogP contribution in [0, 0.1) is 23.7 Å². The SMILES string of the molecule is CC(C)C[C@H]1C(=O)O[C@H](Cc2ccc(Cn3ccc(C4CC4)n3)cc2)C(=O)N(C)[C@@H](CC(C)C)C(=O)O[C@H](C)C(=O)N(C)[C@@H](CC(C)C)C(=O)O[C@H](Cc2ccc(Cn3ccc(C4CC4)n3)cc2)C(=O)N(C)[C@@H](CC(C)C)C(=O)O[C@H](C)C(=O)N1C. The van der Waals surface area contributed by atoms with Crippen LogP contribution in [0.3, 0.4) is 0 Å². The fourth-order valence-electron chi connectivity index (χ4n) is 11.0. The number of nitrogens with zero attached hydrogens (tertiary/aromatic N) is 8. The number of ether oxygens (including phenoxy) is 4. The summed E-state index contributed by atoms with van der Waals surface area (Å²) >= 11 is 0. The highest BCUT2D eigenvalue weighted by atomic mass is 16.6. The first-order valence-electron chi connectivity index (χ1n) is 30.8. The smallest absolute Gasteiger partial charge is 0.329 e. The number of benzene rings is 2. The molecule has 0 N–H and O–H groups in total. The number of esters is 4. The van der Waals surface area contributed by atoms with Gasteiger partial charge in [0.2, 0.25) is 0 Å². The summed E-state index contributed by atoms with van der Waals surface area (Å²) in [5.41, 5.74) is 5.30. The molecule has 2 aromatic carbocycles. The van der Waals surface area contributed by atoms with E-state index >= 15 is 9.59 Å².